The molecule has 4 fully saturated rings. The quantitative estimate of drug-likeness (QED) is 0.629. The highest BCUT2D eigenvalue weighted by molar-refractivity contribution is 5.81. The number of anilines is 1. The number of carbonyl (C=O) groups excluding carboxylic acids is 1. The Morgan fingerprint density at radius 1 is 1.44 bits per heavy atom. The molecule has 1 aliphatic carbocycles. The molecule has 1 aromatic carbocycles. The van der Waals surface area contributed by atoms with Gasteiger partial charge in [-0.2, -0.15) is 0 Å². The summed E-state index contributed by atoms with van der Waals surface area (Å²) in [4.78, 5) is 15.6. The number of esters is 1. The summed E-state index contributed by atoms with van der Waals surface area (Å²) in [5.41, 5.74) is 2.89. The zero-order valence-electron chi connectivity index (χ0n) is 14.5. The van der Waals surface area contributed by atoms with Crippen LogP contribution in [0.4, 0.5) is 5.69 Å². The molecule has 6 rings (SSSR count). The fourth-order valence-electron chi connectivity index (χ4n) is 6.75. The third kappa shape index (κ3) is 1.30. The van der Waals surface area contributed by atoms with Gasteiger partial charge in [0.15, 0.2) is 5.72 Å². The van der Waals surface area contributed by atoms with E-state index in [0.29, 0.717) is 6.04 Å². The standard InChI is InChI=1S/C20H22N2O3/c1-3-11-10-22-15-8-12(11)17(18(23)24-2)19-9-16(22)25-20(15,19)21-14-7-5-4-6-13(14)19/h3-7,12,15-17,21H,8-10H2,1-2H3/b11-3-/t12?,15-,16-,17?,19-,20-/m0/s1. The molecule has 4 aliphatic heterocycles. The summed E-state index contributed by atoms with van der Waals surface area (Å²) in [6, 6.07) is 8.74. The fraction of sp³-hybridized carbons (Fsp3) is 0.550. The van der Waals surface area contributed by atoms with Crippen molar-refractivity contribution in [1.29, 1.82) is 0 Å². The maximum atomic E-state index is 13.1. The first-order valence-corrected chi connectivity index (χ1v) is 9.20. The van der Waals surface area contributed by atoms with Crippen molar-refractivity contribution < 1.29 is 14.3 Å². The summed E-state index contributed by atoms with van der Waals surface area (Å²) in [6.45, 7) is 2.99. The van der Waals surface area contributed by atoms with Crippen LogP contribution < -0.4 is 5.32 Å². The van der Waals surface area contributed by atoms with Gasteiger partial charge in [0.1, 0.15) is 6.23 Å². The van der Waals surface area contributed by atoms with Gasteiger partial charge in [0.2, 0.25) is 0 Å². The van der Waals surface area contributed by atoms with Gasteiger partial charge < -0.3 is 14.8 Å². The van der Waals surface area contributed by atoms with Crippen LogP contribution in [-0.2, 0) is 19.7 Å². The summed E-state index contributed by atoms with van der Waals surface area (Å²) < 4.78 is 12.0. The Hall–Kier alpha value is -1.85. The smallest absolute Gasteiger partial charge is 0.310 e. The second-order valence-electron chi connectivity index (χ2n) is 8.05. The van der Waals surface area contributed by atoms with E-state index in [0.717, 1.165) is 25.1 Å². The number of benzene rings is 1. The Bertz CT molecular complexity index is 836. The Morgan fingerprint density at radius 2 is 2.28 bits per heavy atom. The Morgan fingerprint density at radius 3 is 3.08 bits per heavy atom. The highest BCUT2D eigenvalue weighted by Crippen LogP contribution is 2.72. The predicted molar refractivity (Wildman–Crippen MR) is 91.8 cm³/mol. The van der Waals surface area contributed by atoms with E-state index in [1.807, 2.05) is 0 Å². The maximum absolute atomic E-state index is 13.1. The van der Waals surface area contributed by atoms with E-state index >= 15 is 0 Å². The van der Waals surface area contributed by atoms with Gasteiger partial charge >= 0.3 is 5.97 Å². The van der Waals surface area contributed by atoms with Crippen LogP contribution in [0.3, 0.4) is 0 Å². The molecule has 1 N–H and O–H groups in total. The van der Waals surface area contributed by atoms with Crippen LogP contribution in [0.2, 0.25) is 0 Å². The molecule has 1 spiro atoms. The molecule has 4 heterocycles. The van der Waals surface area contributed by atoms with E-state index in [1.165, 1.54) is 18.2 Å². The van der Waals surface area contributed by atoms with Crippen LogP contribution in [0, 0.1) is 11.8 Å². The average molecular weight is 338 g/mol. The van der Waals surface area contributed by atoms with E-state index < -0.39 is 5.72 Å². The van der Waals surface area contributed by atoms with Crippen LogP contribution in [0.1, 0.15) is 25.3 Å². The first-order valence-electron chi connectivity index (χ1n) is 9.20. The summed E-state index contributed by atoms with van der Waals surface area (Å²) in [7, 11) is 1.52. The van der Waals surface area contributed by atoms with E-state index in [1.54, 1.807) is 0 Å². The number of nitrogens with zero attached hydrogens (tertiary/aromatic N) is 1. The zero-order chi connectivity index (χ0) is 17.0. The highest BCUT2D eigenvalue weighted by Gasteiger charge is 2.82. The van der Waals surface area contributed by atoms with Gasteiger partial charge in [-0.25, -0.2) is 0 Å². The van der Waals surface area contributed by atoms with E-state index in [9.17, 15) is 4.79 Å². The van der Waals surface area contributed by atoms with Crippen molar-refractivity contribution in [2.24, 2.45) is 11.8 Å². The second-order valence-corrected chi connectivity index (χ2v) is 8.05. The van der Waals surface area contributed by atoms with Crippen LogP contribution in [0.15, 0.2) is 35.9 Å². The topological polar surface area (TPSA) is 50.8 Å². The number of hydrogen-bond donors (Lipinski definition) is 1. The van der Waals surface area contributed by atoms with Gasteiger partial charge in [-0.3, -0.25) is 9.69 Å². The number of allylic oxidation sites excluding steroid dienone is 1. The van der Waals surface area contributed by atoms with Crippen molar-refractivity contribution in [1.82, 2.24) is 4.90 Å². The molecule has 25 heavy (non-hydrogen) atoms. The zero-order valence-corrected chi connectivity index (χ0v) is 14.5. The fourth-order valence-corrected chi connectivity index (χ4v) is 6.75. The number of fused-ring (bicyclic) bond motifs is 4. The van der Waals surface area contributed by atoms with Crippen molar-refractivity contribution in [3.05, 3.63) is 41.5 Å². The summed E-state index contributed by atoms with van der Waals surface area (Å²) in [6.07, 6.45) is 4.10. The molecular weight excluding hydrogens is 316 g/mol. The van der Waals surface area contributed by atoms with E-state index in [4.69, 9.17) is 9.47 Å². The lowest BCUT2D eigenvalue weighted by Gasteiger charge is -2.60. The molecule has 130 valence electrons. The average Bonchev–Trinajstić information content (AvgIpc) is 3.22. The highest BCUT2D eigenvalue weighted by atomic mass is 16.6. The van der Waals surface area contributed by atoms with E-state index in [2.05, 4.69) is 47.5 Å². The minimum Gasteiger partial charge on any atom is -0.469 e. The van der Waals surface area contributed by atoms with Gasteiger partial charge in [0.25, 0.3) is 0 Å². The number of piperidine rings is 2. The number of para-hydroxylation sites is 1. The SMILES string of the molecule is C/C=C1/CN2[C@@H]3C[C@@]45c6ccccc6N[C@]4(O3)[C@@H]2CC1C5C(=O)OC. The van der Waals surface area contributed by atoms with Crippen molar-refractivity contribution >= 4 is 11.7 Å². The van der Waals surface area contributed by atoms with Crippen LogP contribution >= 0.6 is 0 Å². The molecule has 1 aromatic rings. The van der Waals surface area contributed by atoms with E-state index in [-0.39, 0.29) is 29.4 Å². The van der Waals surface area contributed by atoms with Gasteiger partial charge in [-0.15, -0.1) is 0 Å². The molecular formula is C20H22N2O3. The minimum absolute atomic E-state index is 0.0780. The molecule has 0 amide bonds. The van der Waals surface area contributed by atoms with Gasteiger partial charge in [0.05, 0.1) is 24.5 Å². The van der Waals surface area contributed by atoms with Crippen LogP contribution in [0.5, 0.6) is 0 Å². The normalized spacial score (nSPS) is 46.9. The third-order valence-corrected chi connectivity index (χ3v) is 7.53. The molecule has 5 heteroatoms. The van der Waals surface area contributed by atoms with Crippen molar-refractivity contribution in [3.63, 3.8) is 0 Å². The molecule has 2 unspecified atom stereocenters. The summed E-state index contributed by atoms with van der Waals surface area (Å²) in [5, 5.41) is 3.73. The third-order valence-electron chi connectivity index (χ3n) is 7.53. The molecule has 0 aromatic heterocycles. The van der Waals surface area contributed by atoms with Crippen molar-refractivity contribution in [2.75, 3.05) is 19.0 Å². The Balaban J connectivity index is 1.67. The Labute approximate surface area is 147 Å². The molecule has 5 nitrogen and oxygen atoms in total. The predicted octanol–water partition coefficient (Wildman–Crippen LogP) is 2.25. The van der Waals surface area contributed by atoms with Crippen molar-refractivity contribution in [3.8, 4) is 0 Å². The van der Waals surface area contributed by atoms with Gasteiger partial charge in [-0.05, 0) is 30.9 Å². The second kappa shape index (κ2) is 4.27. The van der Waals surface area contributed by atoms with Gasteiger partial charge in [0, 0.05) is 18.7 Å². The molecule has 4 bridgehead atoms. The number of nitrogens with one attached hydrogen (secondary N) is 1. The summed E-state index contributed by atoms with van der Waals surface area (Å²) in [5.74, 6) is -0.0451. The first kappa shape index (κ1) is 14.3. The molecule has 0 radical (unpaired) electrons. The lowest BCUT2D eigenvalue weighted by Crippen LogP contribution is -2.73. The molecule has 1 saturated carbocycles. The van der Waals surface area contributed by atoms with Gasteiger partial charge in [-0.1, -0.05) is 29.8 Å². The van der Waals surface area contributed by atoms with Crippen molar-refractivity contribution in [2.45, 2.75) is 43.2 Å². The largest absolute Gasteiger partial charge is 0.469 e. The number of ether oxygens (including phenoxy) is 2. The summed E-state index contributed by atoms with van der Waals surface area (Å²) >= 11 is 0. The lowest BCUT2D eigenvalue weighted by atomic mass is 9.49. The minimum atomic E-state index is -0.490. The number of carbonyl (C=O) groups is 1. The number of rotatable bonds is 1. The maximum Gasteiger partial charge on any atom is 0.310 e. The molecule has 3 saturated heterocycles. The first-order chi connectivity index (χ1) is 12.2. The molecule has 5 aliphatic rings. The number of hydrogen-bond acceptors (Lipinski definition) is 5. The lowest BCUT2D eigenvalue weighted by molar-refractivity contribution is -0.161. The molecule has 6 atom stereocenters. The number of methoxy groups -OCH3 is 1. The van der Waals surface area contributed by atoms with Crippen LogP contribution in [-0.4, -0.2) is 42.5 Å². The monoisotopic (exact) mass is 338 g/mol. The Kier molecular flexibility index (Phi) is 2.45. The van der Waals surface area contributed by atoms with Crippen LogP contribution in [0.25, 0.3) is 0 Å².